The lowest BCUT2D eigenvalue weighted by molar-refractivity contribution is -0.144. The largest absolute Gasteiger partial charge is 0.466 e. The molecule has 0 radical (unpaired) electrons. The van der Waals surface area contributed by atoms with E-state index >= 15 is 0 Å². The molecular formula is C44H74O5. The number of aldehydes is 1. The van der Waals surface area contributed by atoms with Gasteiger partial charge in [-0.15, -0.1) is 0 Å². The smallest absolute Gasteiger partial charge is 0.305 e. The number of aliphatic hydroxyl groups is 2. The average Bonchev–Trinajstić information content (AvgIpc) is 3.05. The summed E-state index contributed by atoms with van der Waals surface area (Å²) in [5.74, 6) is -0.124. The summed E-state index contributed by atoms with van der Waals surface area (Å²) >= 11 is 0. The Labute approximate surface area is 301 Å². The molecule has 1 aliphatic rings. The van der Waals surface area contributed by atoms with Gasteiger partial charge in [0.25, 0.3) is 0 Å². The second kappa shape index (κ2) is 24.8. The Hall–Kier alpha value is -2.24. The Morgan fingerprint density at radius 1 is 0.878 bits per heavy atom. The molecule has 0 heterocycles. The lowest BCUT2D eigenvalue weighted by Crippen LogP contribution is -2.52. The normalized spacial score (nSPS) is 23.4. The number of hydrogen-bond donors (Lipinski definition) is 2. The average molecular weight is 683 g/mol. The van der Waals surface area contributed by atoms with Gasteiger partial charge in [0.2, 0.25) is 0 Å². The first-order chi connectivity index (χ1) is 23.3. The van der Waals surface area contributed by atoms with Crippen LogP contribution in [0.5, 0.6) is 0 Å². The molecular weight excluding hydrogens is 608 g/mol. The Morgan fingerprint density at radius 2 is 1.55 bits per heavy atom. The number of carbonyl (C=O) groups is 2. The zero-order chi connectivity index (χ0) is 36.7. The van der Waals surface area contributed by atoms with Crippen molar-refractivity contribution in [2.45, 2.75) is 189 Å². The fraction of sp³-hybridized carbons (Fsp3) is 0.727. The number of aliphatic hydroxyl groups excluding tert-OH is 1. The number of rotatable bonds is 25. The topological polar surface area (TPSA) is 83.8 Å². The van der Waals surface area contributed by atoms with Gasteiger partial charge in [0.1, 0.15) is 6.29 Å². The van der Waals surface area contributed by atoms with E-state index in [0.29, 0.717) is 38.7 Å². The summed E-state index contributed by atoms with van der Waals surface area (Å²) in [5, 5.41) is 22.6. The van der Waals surface area contributed by atoms with Crippen molar-refractivity contribution in [2.24, 2.45) is 11.3 Å². The minimum absolute atomic E-state index is 0.00617. The van der Waals surface area contributed by atoms with Gasteiger partial charge in [0, 0.05) is 11.8 Å². The summed E-state index contributed by atoms with van der Waals surface area (Å²) in [4.78, 5) is 24.4. The van der Waals surface area contributed by atoms with Crippen LogP contribution in [0.25, 0.3) is 0 Å². The van der Waals surface area contributed by atoms with Gasteiger partial charge in [0.15, 0.2) is 0 Å². The zero-order valence-corrected chi connectivity index (χ0v) is 32.9. The predicted molar refractivity (Wildman–Crippen MR) is 207 cm³/mol. The van der Waals surface area contributed by atoms with Crippen LogP contribution in [0.2, 0.25) is 0 Å². The van der Waals surface area contributed by atoms with Gasteiger partial charge in [-0.2, -0.15) is 0 Å². The first-order valence-electron chi connectivity index (χ1n) is 19.6. The van der Waals surface area contributed by atoms with Crippen LogP contribution in [0.15, 0.2) is 58.2 Å². The molecule has 2 N–H and O–H groups in total. The quantitative estimate of drug-likeness (QED) is 0.0329. The number of hydrogen-bond acceptors (Lipinski definition) is 5. The van der Waals surface area contributed by atoms with Crippen LogP contribution in [-0.2, 0) is 14.3 Å². The van der Waals surface area contributed by atoms with Gasteiger partial charge < -0.3 is 14.9 Å². The van der Waals surface area contributed by atoms with Gasteiger partial charge >= 0.3 is 5.97 Å². The molecule has 5 nitrogen and oxygen atoms in total. The van der Waals surface area contributed by atoms with Crippen molar-refractivity contribution < 1.29 is 24.5 Å². The highest BCUT2D eigenvalue weighted by Crippen LogP contribution is 2.55. The standard InChI is InChI=1S/C44H74O5/c1-9-10-11-12-13-14-15-16-17-18-19-27-42(47)49-33-22-26-40-39(38(6)34-45)30-32-44(8,48)43(40,7)31-21-25-37(5)41(46)29-28-36(4)24-20-23-35(2)3/h12-13,23,25,28,34,40-41,46,48H,9-11,14-22,24,26-27,29-33H2,1-8H3/b13-12-,36-28+,37-25+,39-38-/t40-,41-,43+,44+/m1/s1. The van der Waals surface area contributed by atoms with Crippen LogP contribution in [0, 0.1) is 11.3 Å². The van der Waals surface area contributed by atoms with E-state index in [4.69, 9.17) is 4.74 Å². The monoisotopic (exact) mass is 683 g/mol. The Bertz CT molecular complexity index is 1120. The number of unbranched alkanes of at least 4 members (excludes halogenated alkanes) is 7. The Kier molecular flexibility index (Phi) is 22.7. The molecule has 0 unspecified atom stereocenters. The number of esters is 1. The Morgan fingerprint density at radius 3 is 2.22 bits per heavy atom. The zero-order valence-electron chi connectivity index (χ0n) is 32.9. The molecule has 0 amide bonds. The lowest BCUT2D eigenvalue weighted by Gasteiger charge is -2.53. The molecule has 1 aliphatic carbocycles. The molecule has 4 atom stereocenters. The van der Waals surface area contributed by atoms with E-state index in [0.717, 1.165) is 80.8 Å². The number of allylic oxidation sites excluding steroid dienone is 8. The van der Waals surface area contributed by atoms with Gasteiger partial charge in [0.05, 0.1) is 18.3 Å². The van der Waals surface area contributed by atoms with E-state index in [1.54, 1.807) is 0 Å². The first-order valence-corrected chi connectivity index (χ1v) is 19.6. The maximum absolute atomic E-state index is 12.5. The summed E-state index contributed by atoms with van der Waals surface area (Å²) in [6, 6.07) is 0. The molecule has 0 aromatic heterocycles. The molecule has 0 aliphatic heterocycles. The lowest BCUT2D eigenvalue weighted by atomic mass is 9.54. The van der Waals surface area contributed by atoms with E-state index in [1.807, 2.05) is 20.8 Å². The van der Waals surface area contributed by atoms with Crippen LogP contribution >= 0.6 is 0 Å². The van der Waals surface area contributed by atoms with Crippen molar-refractivity contribution in [1.29, 1.82) is 0 Å². The van der Waals surface area contributed by atoms with Crippen LogP contribution in [0.3, 0.4) is 0 Å². The SMILES string of the molecule is CCCC/C=C\CCCCCCCC(=O)OCCC[C@@H]1/C(=C(/C)C=O)CC[C@](C)(O)[C@@]1(C)CC/C=C(\C)[C@H](O)C/C=C(\C)CCC=C(C)C. The van der Waals surface area contributed by atoms with Crippen molar-refractivity contribution in [3.05, 3.63) is 58.2 Å². The van der Waals surface area contributed by atoms with Gasteiger partial charge in [-0.1, -0.05) is 93.1 Å². The van der Waals surface area contributed by atoms with Crippen molar-refractivity contribution in [3.63, 3.8) is 0 Å². The summed E-state index contributed by atoms with van der Waals surface area (Å²) in [6.45, 7) is 16.9. The van der Waals surface area contributed by atoms with Crippen LogP contribution in [0.4, 0.5) is 0 Å². The minimum Gasteiger partial charge on any atom is -0.466 e. The summed E-state index contributed by atoms with van der Waals surface area (Å²) in [5.41, 5.74) is 4.08. The molecule has 0 aromatic rings. The van der Waals surface area contributed by atoms with Crippen LogP contribution in [0.1, 0.15) is 177 Å². The molecule has 1 fully saturated rings. The molecule has 0 saturated heterocycles. The Balaban J connectivity index is 2.69. The fourth-order valence-corrected chi connectivity index (χ4v) is 7.17. The van der Waals surface area contributed by atoms with Crippen molar-refractivity contribution in [2.75, 3.05) is 6.61 Å². The number of ether oxygens (including phenoxy) is 1. The van der Waals surface area contributed by atoms with E-state index in [2.05, 4.69) is 65.0 Å². The highest BCUT2D eigenvalue weighted by molar-refractivity contribution is 5.74. The van der Waals surface area contributed by atoms with Gasteiger partial charge in [-0.3, -0.25) is 9.59 Å². The van der Waals surface area contributed by atoms with E-state index in [9.17, 15) is 19.8 Å². The van der Waals surface area contributed by atoms with Crippen LogP contribution in [-0.4, -0.2) is 40.8 Å². The molecule has 49 heavy (non-hydrogen) atoms. The molecule has 0 spiro atoms. The fourth-order valence-electron chi connectivity index (χ4n) is 7.17. The second-order valence-electron chi connectivity index (χ2n) is 15.5. The maximum atomic E-state index is 12.5. The van der Waals surface area contributed by atoms with Crippen LogP contribution < -0.4 is 0 Å². The summed E-state index contributed by atoms with van der Waals surface area (Å²) in [7, 11) is 0. The third-order valence-electron chi connectivity index (χ3n) is 11.0. The molecule has 1 rings (SSSR count). The second-order valence-corrected chi connectivity index (χ2v) is 15.5. The summed E-state index contributed by atoms with van der Waals surface area (Å²) < 4.78 is 5.64. The summed E-state index contributed by atoms with van der Waals surface area (Å²) in [6.07, 6.45) is 29.2. The highest BCUT2D eigenvalue weighted by Gasteiger charge is 2.52. The van der Waals surface area contributed by atoms with E-state index in [1.165, 1.54) is 43.3 Å². The van der Waals surface area contributed by atoms with Gasteiger partial charge in [-0.25, -0.2) is 0 Å². The van der Waals surface area contributed by atoms with E-state index in [-0.39, 0.29) is 11.9 Å². The van der Waals surface area contributed by atoms with Crippen molar-refractivity contribution in [3.8, 4) is 0 Å². The van der Waals surface area contributed by atoms with Crippen molar-refractivity contribution >= 4 is 12.3 Å². The van der Waals surface area contributed by atoms with E-state index < -0.39 is 17.1 Å². The molecule has 1 saturated carbocycles. The minimum atomic E-state index is -0.905. The van der Waals surface area contributed by atoms with Gasteiger partial charge in [-0.05, 0) is 142 Å². The third kappa shape index (κ3) is 17.5. The molecule has 0 aromatic carbocycles. The van der Waals surface area contributed by atoms with Crippen molar-refractivity contribution in [1.82, 2.24) is 0 Å². The predicted octanol–water partition coefficient (Wildman–Crippen LogP) is 11.6. The molecule has 280 valence electrons. The molecule has 0 bridgehead atoms. The maximum Gasteiger partial charge on any atom is 0.305 e. The third-order valence-corrected chi connectivity index (χ3v) is 11.0. The first kappa shape index (κ1) is 44.8. The molecule has 5 heteroatoms. The highest BCUT2D eigenvalue weighted by atomic mass is 16.5. The number of carbonyl (C=O) groups excluding carboxylic acids is 2.